The fourth-order valence-electron chi connectivity index (χ4n) is 4.74. The first-order valence-electron chi connectivity index (χ1n) is 11.4. The van der Waals surface area contributed by atoms with E-state index in [1.165, 1.54) is 5.56 Å². The minimum atomic E-state index is 0.232. The number of aromatic nitrogens is 1. The van der Waals surface area contributed by atoms with Gasteiger partial charge >= 0.3 is 0 Å². The second-order valence-electron chi connectivity index (χ2n) is 8.85. The lowest BCUT2D eigenvalue weighted by atomic mass is 10.1. The van der Waals surface area contributed by atoms with Crippen LogP contribution in [0.2, 0.25) is 0 Å². The molecule has 1 aromatic heterocycles. The molecule has 0 radical (unpaired) electrons. The van der Waals surface area contributed by atoms with E-state index in [2.05, 4.69) is 46.4 Å². The van der Waals surface area contributed by atoms with E-state index in [9.17, 15) is 4.79 Å². The predicted molar refractivity (Wildman–Crippen MR) is 122 cm³/mol. The summed E-state index contributed by atoms with van der Waals surface area (Å²) in [4.78, 5) is 17.8. The SMILES string of the molecule is COc1ccc(CN2CCN(CC(=O)c3cc(C)n(C[C@H]4CCCO4)c3C)CC2)cc1. The second-order valence-corrected chi connectivity index (χ2v) is 8.85. The number of benzene rings is 1. The largest absolute Gasteiger partial charge is 0.497 e. The van der Waals surface area contributed by atoms with Crippen LogP contribution >= 0.6 is 0 Å². The van der Waals surface area contributed by atoms with Crippen molar-refractivity contribution in [2.24, 2.45) is 0 Å². The van der Waals surface area contributed by atoms with Crippen molar-refractivity contribution in [2.75, 3.05) is 46.4 Å². The number of ether oxygens (including phenoxy) is 2. The lowest BCUT2D eigenvalue weighted by Crippen LogP contribution is -2.47. The van der Waals surface area contributed by atoms with Crippen LogP contribution in [0, 0.1) is 13.8 Å². The van der Waals surface area contributed by atoms with Gasteiger partial charge in [0.1, 0.15) is 5.75 Å². The molecule has 3 heterocycles. The maximum absolute atomic E-state index is 13.1. The van der Waals surface area contributed by atoms with Crippen molar-refractivity contribution in [3.63, 3.8) is 0 Å². The Morgan fingerprint density at radius 1 is 1.10 bits per heavy atom. The molecule has 1 aromatic carbocycles. The number of aryl methyl sites for hydroxylation is 1. The molecule has 4 rings (SSSR count). The maximum Gasteiger partial charge on any atom is 0.178 e. The minimum Gasteiger partial charge on any atom is -0.497 e. The van der Waals surface area contributed by atoms with E-state index in [0.717, 1.165) is 81.4 Å². The lowest BCUT2D eigenvalue weighted by molar-refractivity contribution is 0.0841. The van der Waals surface area contributed by atoms with E-state index >= 15 is 0 Å². The Bertz CT molecular complexity index is 876. The van der Waals surface area contributed by atoms with Crippen molar-refractivity contribution >= 4 is 5.78 Å². The van der Waals surface area contributed by atoms with E-state index < -0.39 is 0 Å². The molecule has 0 amide bonds. The molecule has 0 bridgehead atoms. The maximum atomic E-state index is 13.1. The van der Waals surface area contributed by atoms with Gasteiger partial charge in [-0.05, 0) is 50.5 Å². The first-order chi connectivity index (χ1) is 15.0. The summed E-state index contributed by atoms with van der Waals surface area (Å²) in [6.07, 6.45) is 2.54. The molecule has 2 saturated heterocycles. The number of rotatable bonds is 8. The molecule has 0 N–H and O–H groups in total. The zero-order valence-corrected chi connectivity index (χ0v) is 19.1. The van der Waals surface area contributed by atoms with Crippen LogP contribution < -0.4 is 4.74 Å². The van der Waals surface area contributed by atoms with E-state index in [-0.39, 0.29) is 11.9 Å². The standard InChI is InChI=1S/C25H35N3O3/c1-19-15-24(20(2)28(19)17-23-5-4-14-31-23)25(29)18-27-12-10-26(11-13-27)16-21-6-8-22(30-3)9-7-21/h6-9,15,23H,4-5,10-14,16-18H2,1-3H3/t23-/m1/s1. The Balaban J connectivity index is 1.28. The summed E-state index contributed by atoms with van der Waals surface area (Å²) in [5, 5.41) is 0. The Morgan fingerprint density at radius 3 is 2.45 bits per heavy atom. The molecule has 6 heteroatoms. The molecule has 0 unspecified atom stereocenters. The minimum absolute atomic E-state index is 0.232. The van der Waals surface area contributed by atoms with Gasteiger partial charge in [-0.15, -0.1) is 0 Å². The van der Waals surface area contributed by atoms with Crippen LogP contribution in [0.5, 0.6) is 5.75 Å². The van der Waals surface area contributed by atoms with Gasteiger partial charge in [-0.2, -0.15) is 0 Å². The molecule has 2 aromatic rings. The molecule has 2 aliphatic rings. The van der Waals surface area contributed by atoms with Gasteiger partial charge in [0.05, 0.1) is 19.8 Å². The van der Waals surface area contributed by atoms with Gasteiger partial charge in [-0.3, -0.25) is 14.6 Å². The summed E-state index contributed by atoms with van der Waals surface area (Å²) in [7, 11) is 1.69. The summed E-state index contributed by atoms with van der Waals surface area (Å²) < 4.78 is 13.3. The molecular weight excluding hydrogens is 390 g/mol. The van der Waals surface area contributed by atoms with E-state index in [1.54, 1.807) is 7.11 Å². The van der Waals surface area contributed by atoms with Crippen LogP contribution in [-0.4, -0.2) is 72.7 Å². The molecule has 2 aliphatic heterocycles. The Labute approximate surface area is 185 Å². The van der Waals surface area contributed by atoms with Crippen molar-refractivity contribution in [1.29, 1.82) is 0 Å². The molecule has 0 aliphatic carbocycles. The Morgan fingerprint density at radius 2 is 1.81 bits per heavy atom. The van der Waals surface area contributed by atoms with Gasteiger partial charge in [-0.1, -0.05) is 12.1 Å². The third-order valence-corrected chi connectivity index (χ3v) is 6.68. The quantitative estimate of drug-likeness (QED) is 0.608. The highest BCUT2D eigenvalue weighted by Gasteiger charge is 2.24. The fourth-order valence-corrected chi connectivity index (χ4v) is 4.74. The highest BCUT2D eigenvalue weighted by atomic mass is 16.5. The topological polar surface area (TPSA) is 46.9 Å². The number of carbonyl (C=O) groups excluding carboxylic acids is 1. The van der Waals surface area contributed by atoms with Gasteiger partial charge in [0.15, 0.2) is 5.78 Å². The smallest absolute Gasteiger partial charge is 0.178 e. The summed E-state index contributed by atoms with van der Waals surface area (Å²) >= 11 is 0. The van der Waals surface area contributed by atoms with Crippen LogP contribution in [0.4, 0.5) is 0 Å². The summed E-state index contributed by atoms with van der Waals surface area (Å²) in [6.45, 7) is 11.1. The number of ketones is 1. The van der Waals surface area contributed by atoms with E-state index in [0.29, 0.717) is 6.54 Å². The lowest BCUT2D eigenvalue weighted by Gasteiger charge is -2.34. The van der Waals surface area contributed by atoms with Gasteiger partial charge in [0.25, 0.3) is 0 Å². The zero-order valence-electron chi connectivity index (χ0n) is 19.1. The van der Waals surface area contributed by atoms with Crippen LogP contribution in [0.25, 0.3) is 0 Å². The molecule has 168 valence electrons. The van der Waals surface area contributed by atoms with Crippen molar-refractivity contribution in [3.8, 4) is 5.75 Å². The molecule has 31 heavy (non-hydrogen) atoms. The van der Waals surface area contributed by atoms with Gasteiger partial charge < -0.3 is 14.0 Å². The van der Waals surface area contributed by atoms with E-state index in [1.807, 2.05) is 12.1 Å². The van der Waals surface area contributed by atoms with Gasteiger partial charge in [0, 0.05) is 62.8 Å². The number of piperazine rings is 1. The van der Waals surface area contributed by atoms with E-state index in [4.69, 9.17) is 9.47 Å². The van der Waals surface area contributed by atoms with Crippen molar-refractivity contribution in [1.82, 2.24) is 14.4 Å². The number of nitrogens with zero attached hydrogens (tertiary/aromatic N) is 3. The molecule has 0 saturated carbocycles. The third kappa shape index (κ3) is 5.37. The predicted octanol–water partition coefficient (Wildman–Crippen LogP) is 3.29. The number of hydrogen-bond donors (Lipinski definition) is 0. The van der Waals surface area contributed by atoms with Crippen LogP contribution in [0.3, 0.4) is 0 Å². The third-order valence-electron chi connectivity index (χ3n) is 6.68. The molecule has 6 nitrogen and oxygen atoms in total. The van der Waals surface area contributed by atoms with Crippen LogP contribution in [0.1, 0.15) is 40.2 Å². The highest BCUT2D eigenvalue weighted by molar-refractivity contribution is 5.99. The molecule has 0 spiro atoms. The fraction of sp³-hybridized carbons (Fsp3) is 0.560. The second kappa shape index (κ2) is 9.98. The van der Waals surface area contributed by atoms with Crippen molar-refractivity contribution in [3.05, 3.63) is 52.8 Å². The van der Waals surface area contributed by atoms with Crippen LogP contribution in [0.15, 0.2) is 30.3 Å². The molecule has 2 fully saturated rings. The average molecular weight is 426 g/mol. The highest BCUT2D eigenvalue weighted by Crippen LogP contribution is 2.21. The average Bonchev–Trinajstić information content (AvgIpc) is 3.39. The number of carbonyl (C=O) groups is 1. The summed E-state index contributed by atoms with van der Waals surface area (Å²) in [5.74, 6) is 1.12. The number of methoxy groups -OCH3 is 1. The Hall–Kier alpha value is -2.15. The first kappa shape index (κ1) is 22.1. The number of hydrogen-bond acceptors (Lipinski definition) is 5. The van der Waals surface area contributed by atoms with Gasteiger partial charge in [0.2, 0.25) is 0 Å². The summed E-state index contributed by atoms with van der Waals surface area (Å²) in [6, 6.07) is 10.3. The summed E-state index contributed by atoms with van der Waals surface area (Å²) in [5.41, 5.74) is 4.40. The van der Waals surface area contributed by atoms with Crippen molar-refractivity contribution < 1.29 is 14.3 Å². The first-order valence-corrected chi connectivity index (χ1v) is 11.4. The monoisotopic (exact) mass is 425 g/mol. The van der Waals surface area contributed by atoms with Gasteiger partial charge in [-0.25, -0.2) is 0 Å². The normalized spacial score (nSPS) is 20.3. The zero-order chi connectivity index (χ0) is 21.8. The number of Topliss-reactive ketones (excluding diaryl/α,β-unsaturated/α-hetero) is 1. The van der Waals surface area contributed by atoms with Crippen molar-refractivity contribution in [2.45, 2.75) is 45.9 Å². The Kier molecular flexibility index (Phi) is 7.10. The molecule has 1 atom stereocenters. The molecular formula is C25H35N3O3. The van der Waals surface area contributed by atoms with Crippen LogP contribution in [-0.2, 0) is 17.8 Å².